The summed E-state index contributed by atoms with van der Waals surface area (Å²) in [5.41, 5.74) is 6.60. The highest BCUT2D eigenvalue weighted by Gasteiger charge is 2.16. The molecule has 3 rings (SSSR count). The zero-order chi connectivity index (χ0) is 13.9. The van der Waals surface area contributed by atoms with Crippen LogP contribution in [0.4, 0.5) is 0 Å². The van der Waals surface area contributed by atoms with Crippen molar-refractivity contribution in [2.75, 3.05) is 0 Å². The molecule has 1 aromatic heterocycles. The maximum Gasteiger partial charge on any atom is 0.181 e. The second-order valence-electron chi connectivity index (χ2n) is 5.23. The molecular formula is C15H20N4O. The van der Waals surface area contributed by atoms with Crippen LogP contribution in [0.2, 0.25) is 0 Å². The number of benzene rings is 1. The van der Waals surface area contributed by atoms with Gasteiger partial charge in [0.2, 0.25) is 0 Å². The van der Waals surface area contributed by atoms with Crippen LogP contribution in [0.5, 0.6) is 5.75 Å². The lowest BCUT2D eigenvalue weighted by molar-refractivity contribution is 0.210. The quantitative estimate of drug-likeness (QED) is 0.927. The van der Waals surface area contributed by atoms with E-state index in [9.17, 15) is 0 Å². The van der Waals surface area contributed by atoms with Gasteiger partial charge in [0.15, 0.2) is 5.82 Å². The molecule has 1 saturated carbocycles. The Morgan fingerprint density at radius 2 is 1.95 bits per heavy atom. The number of hydrogen-bond acceptors (Lipinski definition) is 4. The fourth-order valence-corrected chi connectivity index (χ4v) is 2.60. The van der Waals surface area contributed by atoms with Gasteiger partial charge in [-0.25, -0.2) is 4.98 Å². The number of nitrogens with zero attached hydrogens (tertiary/aromatic N) is 3. The highest BCUT2D eigenvalue weighted by molar-refractivity contribution is 5.55. The molecule has 106 valence electrons. The van der Waals surface area contributed by atoms with E-state index in [1.807, 2.05) is 31.3 Å². The topological polar surface area (TPSA) is 66.0 Å². The summed E-state index contributed by atoms with van der Waals surface area (Å²) in [5, 5.41) is 4.37. The number of hydrogen-bond donors (Lipinski definition) is 1. The van der Waals surface area contributed by atoms with E-state index in [0.29, 0.717) is 18.5 Å². The molecule has 2 N–H and O–H groups in total. The van der Waals surface area contributed by atoms with Gasteiger partial charge in [0.1, 0.15) is 11.6 Å². The number of nitrogens with two attached hydrogens (primary N) is 1. The van der Waals surface area contributed by atoms with Crippen LogP contribution in [0.3, 0.4) is 0 Å². The molecule has 0 radical (unpaired) electrons. The Morgan fingerprint density at radius 1 is 1.25 bits per heavy atom. The average Bonchev–Trinajstić information content (AvgIpc) is 3.09. The minimum atomic E-state index is 0.387. The van der Waals surface area contributed by atoms with Crippen molar-refractivity contribution in [1.82, 2.24) is 14.8 Å². The number of aryl methyl sites for hydroxylation is 1. The molecule has 1 aliphatic carbocycles. The largest absolute Gasteiger partial charge is 0.490 e. The lowest BCUT2D eigenvalue weighted by atomic mass is 10.2. The van der Waals surface area contributed by atoms with Gasteiger partial charge < -0.3 is 10.5 Å². The minimum absolute atomic E-state index is 0.387. The van der Waals surface area contributed by atoms with Crippen LogP contribution in [0.15, 0.2) is 24.3 Å². The van der Waals surface area contributed by atoms with E-state index >= 15 is 0 Å². The van der Waals surface area contributed by atoms with Crippen LogP contribution < -0.4 is 10.5 Å². The zero-order valence-electron chi connectivity index (χ0n) is 11.7. The third kappa shape index (κ3) is 2.67. The van der Waals surface area contributed by atoms with Crippen molar-refractivity contribution in [1.29, 1.82) is 0 Å². The molecule has 1 aromatic carbocycles. The van der Waals surface area contributed by atoms with Gasteiger partial charge in [-0.15, -0.1) is 0 Å². The maximum absolute atomic E-state index is 5.95. The summed E-state index contributed by atoms with van der Waals surface area (Å²) in [4.78, 5) is 4.42. The lowest BCUT2D eigenvalue weighted by Gasteiger charge is -2.12. The first-order valence-corrected chi connectivity index (χ1v) is 7.13. The smallest absolute Gasteiger partial charge is 0.181 e. The predicted octanol–water partition coefficient (Wildman–Crippen LogP) is 2.26. The lowest BCUT2D eigenvalue weighted by Crippen LogP contribution is -2.10. The van der Waals surface area contributed by atoms with Gasteiger partial charge in [-0.2, -0.15) is 5.10 Å². The predicted molar refractivity (Wildman–Crippen MR) is 77.2 cm³/mol. The van der Waals surface area contributed by atoms with Crippen molar-refractivity contribution < 1.29 is 4.74 Å². The molecule has 0 saturated heterocycles. The molecule has 5 heteroatoms. The third-order valence-electron chi connectivity index (χ3n) is 3.75. The molecule has 0 aliphatic heterocycles. The normalized spacial score (nSPS) is 15.7. The number of aromatic nitrogens is 3. The molecule has 20 heavy (non-hydrogen) atoms. The average molecular weight is 272 g/mol. The van der Waals surface area contributed by atoms with Gasteiger partial charge in [0.05, 0.1) is 12.6 Å². The maximum atomic E-state index is 5.95. The Balaban J connectivity index is 1.74. The second kappa shape index (κ2) is 5.63. The Labute approximate surface area is 118 Å². The number of rotatable bonds is 4. The fraction of sp³-hybridized carbons (Fsp3) is 0.467. The van der Waals surface area contributed by atoms with Crippen LogP contribution in [-0.2, 0) is 13.6 Å². The van der Waals surface area contributed by atoms with Crippen LogP contribution in [-0.4, -0.2) is 20.9 Å². The van der Waals surface area contributed by atoms with Crippen LogP contribution in [0, 0.1) is 0 Å². The Kier molecular flexibility index (Phi) is 3.69. The second-order valence-corrected chi connectivity index (χ2v) is 5.23. The summed E-state index contributed by atoms with van der Waals surface area (Å²) in [7, 11) is 1.86. The van der Waals surface area contributed by atoms with Crippen LogP contribution in [0.1, 0.15) is 31.5 Å². The first-order valence-electron chi connectivity index (χ1n) is 7.13. The van der Waals surface area contributed by atoms with E-state index in [2.05, 4.69) is 10.1 Å². The van der Waals surface area contributed by atoms with Crippen LogP contribution >= 0.6 is 0 Å². The first-order chi connectivity index (χ1) is 9.76. The molecule has 0 bridgehead atoms. The van der Waals surface area contributed by atoms with Crippen molar-refractivity contribution in [2.24, 2.45) is 12.8 Å². The van der Waals surface area contributed by atoms with Crippen molar-refractivity contribution in [2.45, 2.75) is 38.3 Å². The van der Waals surface area contributed by atoms with Crippen molar-refractivity contribution >= 4 is 0 Å². The van der Waals surface area contributed by atoms with Crippen molar-refractivity contribution in [3.05, 3.63) is 30.1 Å². The van der Waals surface area contributed by atoms with Gasteiger partial charge in [-0.1, -0.05) is 0 Å². The van der Waals surface area contributed by atoms with Crippen LogP contribution in [0.25, 0.3) is 11.4 Å². The summed E-state index contributed by atoms with van der Waals surface area (Å²) in [6.45, 7) is 0.395. The van der Waals surface area contributed by atoms with Crippen molar-refractivity contribution in [3.63, 3.8) is 0 Å². The van der Waals surface area contributed by atoms with Gasteiger partial charge in [0.25, 0.3) is 0 Å². The third-order valence-corrected chi connectivity index (χ3v) is 3.75. The highest BCUT2D eigenvalue weighted by Crippen LogP contribution is 2.25. The molecule has 1 fully saturated rings. The van der Waals surface area contributed by atoms with Gasteiger partial charge in [-0.3, -0.25) is 4.68 Å². The minimum Gasteiger partial charge on any atom is -0.490 e. The summed E-state index contributed by atoms with van der Waals surface area (Å²) >= 11 is 0. The Bertz CT molecular complexity index is 570. The van der Waals surface area contributed by atoms with E-state index in [4.69, 9.17) is 10.5 Å². The molecule has 2 aromatic rings. The van der Waals surface area contributed by atoms with E-state index in [1.165, 1.54) is 25.7 Å². The zero-order valence-corrected chi connectivity index (χ0v) is 11.7. The summed E-state index contributed by atoms with van der Waals surface area (Å²) in [5.74, 6) is 2.42. The molecule has 0 atom stereocenters. The Hall–Kier alpha value is -1.88. The Morgan fingerprint density at radius 3 is 2.55 bits per heavy atom. The number of ether oxygens (including phenoxy) is 1. The molecule has 1 aliphatic rings. The summed E-state index contributed by atoms with van der Waals surface area (Å²) in [6, 6.07) is 7.98. The standard InChI is InChI=1S/C15H20N4O/c1-19-14(10-16)17-15(18-19)11-6-8-13(9-7-11)20-12-4-2-3-5-12/h6-9,12H,2-5,10,16H2,1H3. The van der Waals surface area contributed by atoms with E-state index in [1.54, 1.807) is 4.68 Å². The molecule has 5 nitrogen and oxygen atoms in total. The molecular weight excluding hydrogens is 252 g/mol. The van der Waals surface area contributed by atoms with Crippen molar-refractivity contribution in [3.8, 4) is 17.1 Å². The fourth-order valence-electron chi connectivity index (χ4n) is 2.60. The van der Waals surface area contributed by atoms with E-state index in [0.717, 1.165) is 17.1 Å². The monoisotopic (exact) mass is 272 g/mol. The summed E-state index contributed by atoms with van der Waals surface area (Å²) in [6.07, 6.45) is 5.29. The van der Waals surface area contributed by atoms with E-state index in [-0.39, 0.29) is 0 Å². The van der Waals surface area contributed by atoms with Gasteiger partial charge >= 0.3 is 0 Å². The van der Waals surface area contributed by atoms with E-state index < -0.39 is 0 Å². The molecule has 0 amide bonds. The van der Waals surface area contributed by atoms with Gasteiger partial charge in [-0.05, 0) is 49.9 Å². The molecule has 1 heterocycles. The summed E-state index contributed by atoms with van der Waals surface area (Å²) < 4.78 is 7.67. The first kappa shape index (κ1) is 13.1. The van der Waals surface area contributed by atoms with Gasteiger partial charge in [0, 0.05) is 12.6 Å². The molecule has 0 spiro atoms. The highest BCUT2D eigenvalue weighted by atomic mass is 16.5. The SMILES string of the molecule is Cn1nc(-c2ccc(OC3CCCC3)cc2)nc1CN. The molecule has 0 unspecified atom stereocenters.